The molecule has 2 heteroatoms. The van der Waals surface area contributed by atoms with Gasteiger partial charge in [-0.25, -0.2) is 0 Å². The second kappa shape index (κ2) is 6.42. The van der Waals surface area contributed by atoms with Gasteiger partial charge in [-0.1, -0.05) is 32.4 Å². The van der Waals surface area contributed by atoms with Crippen molar-refractivity contribution >= 4 is 0 Å². The second-order valence-corrected chi connectivity index (χ2v) is 5.81. The Bertz CT molecular complexity index is 385. The Balaban J connectivity index is 1.99. The lowest BCUT2D eigenvalue weighted by atomic mass is 9.65. The van der Waals surface area contributed by atoms with Gasteiger partial charge in [0.05, 0.1) is 6.10 Å². The van der Waals surface area contributed by atoms with Crippen LogP contribution in [0.15, 0.2) is 24.3 Å². The number of nitrogens with one attached hydrogen (secondary N) is 1. The third-order valence-corrected chi connectivity index (χ3v) is 4.16. The Morgan fingerprint density at radius 2 is 1.89 bits per heavy atom. The van der Waals surface area contributed by atoms with E-state index in [9.17, 15) is 0 Å². The second-order valence-electron chi connectivity index (χ2n) is 5.81. The molecule has 0 spiro atoms. The highest BCUT2D eigenvalue weighted by Gasteiger charge is 2.39. The van der Waals surface area contributed by atoms with Crippen molar-refractivity contribution in [3.05, 3.63) is 29.8 Å². The SMILES string of the molecule is CCNC1CC(c2ccc(OC(C)C)cc2)C1CC. The van der Waals surface area contributed by atoms with E-state index in [1.165, 1.54) is 18.4 Å². The van der Waals surface area contributed by atoms with E-state index < -0.39 is 0 Å². The summed E-state index contributed by atoms with van der Waals surface area (Å²) >= 11 is 0. The first-order valence-electron chi connectivity index (χ1n) is 7.65. The Morgan fingerprint density at radius 3 is 2.42 bits per heavy atom. The summed E-state index contributed by atoms with van der Waals surface area (Å²) in [6.45, 7) is 9.70. The molecule has 0 bridgehead atoms. The molecule has 2 rings (SSSR count). The summed E-state index contributed by atoms with van der Waals surface area (Å²) < 4.78 is 5.70. The summed E-state index contributed by atoms with van der Waals surface area (Å²) in [6, 6.07) is 9.43. The maximum absolute atomic E-state index is 5.70. The Morgan fingerprint density at radius 1 is 1.21 bits per heavy atom. The van der Waals surface area contributed by atoms with Crippen molar-refractivity contribution < 1.29 is 4.74 Å². The number of rotatable bonds is 6. The molecule has 1 N–H and O–H groups in total. The van der Waals surface area contributed by atoms with Crippen LogP contribution < -0.4 is 10.1 Å². The van der Waals surface area contributed by atoms with Gasteiger partial charge in [0, 0.05) is 6.04 Å². The smallest absolute Gasteiger partial charge is 0.119 e. The predicted octanol–water partition coefficient (Wildman–Crippen LogP) is 3.97. The number of benzene rings is 1. The summed E-state index contributed by atoms with van der Waals surface area (Å²) in [7, 11) is 0. The van der Waals surface area contributed by atoms with E-state index in [0.29, 0.717) is 6.04 Å². The molecule has 1 saturated carbocycles. The van der Waals surface area contributed by atoms with Crippen LogP contribution in [0.2, 0.25) is 0 Å². The van der Waals surface area contributed by atoms with Gasteiger partial charge in [-0.3, -0.25) is 0 Å². The summed E-state index contributed by atoms with van der Waals surface area (Å²) in [4.78, 5) is 0. The van der Waals surface area contributed by atoms with Crippen molar-refractivity contribution in [2.75, 3.05) is 6.54 Å². The van der Waals surface area contributed by atoms with Gasteiger partial charge in [-0.2, -0.15) is 0 Å². The van der Waals surface area contributed by atoms with Crippen LogP contribution in [0.5, 0.6) is 5.75 Å². The first-order valence-corrected chi connectivity index (χ1v) is 7.65. The van der Waals surface area contributed by atoms with E-state index in [0.717, 1.165) is 24.1 Å². The molecule has 19 heavy (non-hydrogen) atoms. The van der Waals surface area contributed by atoms with Gasteiger partial charge in [-0.05, 0) is 56.3 Å². The molecule has 0 aromatic heterocycles. The van der Waals surface area contributed by atoms with Crippen LogP contribution in [0, 0.1) is 5.92 Å². The molecule has 0 amide bonds. The summed E-state index contributed by atoms with van der Waals surface area (Å²) in [5, 5.41) is 3.60. The van der Waals surface area contributed by atoms with Gasteiger partial charge in [0.25, 0.3) is 0 Å². The predicted molar refractivity (Wildman–Crippen MR) is 80.8 cm³/mol. The van der Waals surface area contributed by atoms with Gasteiger partial charge in [0.1, 0.15) is 5.75 Å². The van der Waals surface area contributed by atoms with E-state index in [1.807, 2.05) is 0 Å². The van der Waals surface area contributed by atoms with Crippen LogP contribution in [0.1, 0.15) is 52.0 Å². The molecule has 3 unspecified atom stereocenters. The van der Waals surface area contributed by atoms with E-state index in [4.69, 9.17) is 4.74 Å². The fourth-order valence-electron chi connectivity index (χ4n) is 3.22. The van der Waals surface area contributed by atoms with Crippen molar-refractivity contribution in [3.63, 3.8) is 0 Å². The Kier molecular flexibility index (Phi) is 4.87. The number of ether oxygens (including phenoxy) is 1. The fraction of sp³-hybridized carbons (Fsp3) is 0.647. The van der Waals surface area contributed by atoms with Crippen LogP contribution in [-0.2, 0) is 0 Å². The zero-order chi connectivity index (χ0) is 13.8. The van der Waals surface area contributed by atoms with Crippen molar-refractivity contribution in [1.82, 2.24) is 5.32 Å². The van der Waals surface area contributed by atoms with Crippen LogP contribution in [0.25, 0.3) is 0 Å². The lowest BCUT2D eigenvalue weighted by molar-refractivity contribution is 0.162. The van der Waals surface area contributed by atoms with Gasteiger partial charge in [0.2, 0.25) is 0 Å². The van der Waals surface area contributed by atoms with Gasteiger partial charge in [0.15, 0.2) is 0 Å². The molecule has 1 aliphatic carbocycles. The lowest BCUT2D eigenvalue weighted by Crippen LogP contribution is -2.48. The van der Waals surface area contributed by atoms with Crippen molar-refractivity contribution in [2.45, 2.75) is 58.6 Å². The topological polar surface area (TPSA) is 21.3 Å². The van der Waals surface area contributed by atoms with Crippen molar-refractivity contribution in [1.29, 1.82) is 0 Å². The summed E-state index contributed by atoms with van der Waals surface area (Å²) in [5.74, 6) is 2.49. The molecule has 0 radical (unpaired) electrons. The average Bonchev–Trinajstić information content (AvgIpc) is 2.35. The Labute approximate surface area is 117 Å². The molecule has 1 fully saturated rings. The fourth-order valence-corrected chi connectivity index (χ4v) is 3.22. The van der Waals surface area contributed by atoms with Crippen LogP contribution in [0.3, 0.4) is 0 Å². The molecular formula is C17H27NO. The zero-order valence-corrected chi connectivity index (χ0v) is 12.6. The molecule has 1 aromatic rings. The molecule has 1 aliphatic rings. The molecule has 0 heterocycles. The number of hydrogen-bond donors (Lipinski definition) is 1. The summed E-state index contributed by atoms with van der Waals surface area (Å²) in [6.07, 6.45) is 2.78. The third kappa shape index (κ3) is 3.30. The minimum atomic E-state index is 0.246. The first kappa shape index (κ1) is 14.4. The highest BCUT2D eigenvalue weighted by molar-refractivity contribution is 5.32. The molecule has 3 atom stereocenters. The minimum absolute atomic E-state index is 0.246. The van der Waals surface area contributed by atoms with Crippen LogP contribution >= 0.6 is 0 Å². The van der Waals surface area contributed by atoms with Gasteiger partial charge in [-0.15, -0.1) is 0 Å². The summed E-state index contributed by atoms with van der Waals surface area (Å²) in [5.41, 5.74) is 1.47. The third-order valence-electron chi connectivity index (χ3n) is 4.16. The highest BCUT2D eigenvalue weighted by Crippen LogP contribution is 2.44. The molecule has 2 nitrogen and oxygen atoms in total. The van der Waals surface area contributed by atoms with E-state index >= 15 is 0 Å². The monoisotopic (exact) mass is 261 g/mol. The van der Waals surface area contributed by atoms with E-state index in [-0.39, 0.29) is 6.10 Å². The molecular weight excluding hydrogens is 234 g/mol. The average molecular weight is 261 g/mol. The van der Waals surface area contributed by atoms with Crippen LogP contribution in [-0.4, -0.2) is 18.7 Å². The Hall–Kier alpha value is -1.02. The largest absolute Gasteiger partial charge is 0.491 e. The zero-order valence-electron chi connectivity index (χ0n) is 12.6. The van der Waals surface area contributed by atoms with Crippen molar-refractivity contribution in [2.24, 2.45) is 5.92 Å². The number of hydrogen-bond acceptors (Lipinski definition) is 2. The van der Waals surface area contributed by atoms with Gasteiger partial charge < -0.3 is 10.1 Å². The quantitative estimate of drug-likeness (QED) is 0.836. The molecule has 1 aromatic carbocycles. The van der Waals surface area contributed by atoms with Crippen molar-refractivity contribution in [3.8, 4) is 5.75 Å². The van der Waals surface area contributed by atoms with E-state index in [1.54, 1.807) is 0 Å². The first-order chi connectivity index (χ1) is 9.15. The minimum Gasteiger partial charge on any atom is -0.491 e. The maximum atomic E-state index is 5.70. The lowest BCUT2D eigenvalue weighted by Gasteiger charge is -2.45. The van der Waals surface area contributed by atoms with Gasteiger partial charge >= 0.3 is 0 Å². The molecule has 106 valence electrons. The molecule has 0 aliphatic heterocycles. The normalized spacial score (nSPS) is 26.3. The standard InChI is InChI=1S/C17H27NO/c1-5-15-16(11-17(15)18-6-2)13-7-9-14(10-8-13)19-12(3)4/h7-10,12,15-18H,5-6,11H2,1-4H3. The van der Waals surface area contributed by atoms with Crippen LogP contribution in [0.4, 0.5) is 0 Å². The molecule has 0 saturated heterocycles. The van der Waals surface area contributed by atoms with E-state index in [2.05, 4.69) is 57.3 Å². The maximum Gasteiger partial charge on any atom is 0.119 e. The highest BCUT2D eigenvalue weighted by atomic mass is 16.5.